The standard InChI is InChI=1S/C11H13ClFNO/c12-10-4-8(15)5-11(13)9(10)3-7-1-2-14-6-7/h4-5,7,14-15H,1-3,6H2. The van der Waals surface area contributed by atoms with Crippen LogP contribution in [0, 0.1) is 11.7 Å². The monoisotopic (exact) mass is 229 g/mol. The summed E-state index contributed by atoms with van der Waals surface area (Å²) >= 11 is 5.89. The number of hydrogen-bond donors (Lipinski definition) is 2. The van der Waals surface area contributed by atoms with Gasteiger partial charge in [-0.05, 0) is 37.9 Å². The zero-order valence-corrected chi connectivity index (χ0v) is 9.02. The zero-order chi connectivity index (χ0) is 10.8. The Kier molecular flexibility index (Phi) is 3.12. The van der Waals surface area contributed by atoms with Gasteiger partial charge in [0.2, 0.25) is 0 Å². The van der Waals surface area contributed by atoms with Gasteiger partial charge in [0.1, 0.15) is 11.6 Å². The Morgan fingerprint density at radius 3 is 2.93 bits per heavy atom. The number of rotatable bonds is 2. The predicted molar refractivity (Wildman–Crippen MR) is 57.8 cm³/mol. The molecule has 0 amide bonds. The molecule has 1 saturated heterocycles. The second-order valence-electron chi connectivity index (χ2n) is 3.95. The molecule has 0 spiro atoms. The van der Waals surface area contributed by atoms with Crippen LogP contribution in [0.1, 0.15) is 12.0 Å². The van der Waals surface area contributed by atoms with E-state index in [1.807, 2.05) is 0 Å². The molecule has 1 fully saturated rings. The molecule has 2 N–H and O–H groups in total. The molecule has 1 aromatic carbocycles. The van der Waals surface area contributed by atoms with Crippen molar-refractivity contribution in [3.63, 3.8) is 0 Å². The third-order valence-electron chi connectivity index (χ3n) is 2.78. The number of phenolic OH excluding ortho intramolecular Hbond substituents is 1. The Balaban J connectivity index is 2.19. The van der Waals surface area contributed by atoms with E-state index in [1.165, 1.54) is 6.07 Å². The third kappa shape index (κ3) is 2.41. The Bertz CT molecular complexity index is 341. The molecule has 1 aliphatic rings. The molecule has 0 radical (unpaired) electrons. The van der Waals surface area contributed by atoms with Crippen LogP contribution in [0.3, 0.4) is 0 Å². The van der Waals surface area contributed by atoms with Crippen molar-refractivity contribution in [1.29, 1.82) is 0 Å². The van der Waals surface area contributed by atoms with Gasteiger partial charge in [-0.25, -0.2) is 4.39 Å². The molecule has 2 rings (SSSR count). The van der Waals surface area contributed by atoms with E-state index in [0.29, 0.717) is 22.9 Å². The van der Waals surface area contributed by atoms with Gasteiger partial charge in [-0.1, -0.05) is 11.6 Å². The minimum absolute atomic E-state index is 0.120. The lowest BCUT2D eigenvalue weighted by atomic mass is 9.98. The molecule has 1 atom stereocenters. The number of phenols is 1. The molecular weight excluding hydrogens is 217 g/mol. The molecule has 1 aromatic rings. The maximum Gasteiger partial charge on any atom is 0.131 e. The molecule has 0 saturated carbocycles. The van der Waals surface area contributed by atoms with Crippen molar-refractivity contribution in [3.05, 3.63) is 28.5 Å². The van der Waals surface area contributed by atoms with E-state index >= 15 is 0 Å². The number of benzene rings is 1. The van der Waals surface area contributed by atoms with Crippen LogP contribution in [-0.2, 0) is 6.42 Å². The van der Waals surface area contributed by atoms with Crippen molar-refractivity contribution in [3.8, 4) is 5.75 Å². The van der Waals surface area contributed by atoms with E-state index in [1.54, 1.807) is 0 Å². The SMILES string of the molecule is Oc1cc(F)c(CC2CCNC2)c(Cl)c1. The van der Waals surface area contributed by atoms with Gasteiger partial charge in [-0.15, -0.1) is 0 Å². The summed E-state index contributed by atoms with van der Waals surface area (Å²) < 4.78 is 13.5. The van der Waals surface area contributed by atoms with Crippen LogP contribution in [0.5, 0.6) is 5.75 Å². The zero-order valence-electron chi connectivity index (χ0n) is 8.26. The predicted octanol–water partition coefficient (Wildman–Crippen LogP) is 2.34. The quantitative estimate of drug-likeness (QED) is 0.816. The van der Waals surface area contributed by atoms with Crippen LogP contribution in [0.4, 0.5) is 4.39 Å². The van der Waals surface area contributed by atoms with Gasteiger partial charge in [-0.3, -0.25) is 0 Å². The van der Waals surface area contributed by atoms with Crippen molar-refractivity contribution >= 4 is 11.6 Å². The number of aromatic hydroxyl groups is 1. The highest BCUT2D eigenvalue weighted by molar-refractivity contribution is 6.31. The van der Waals surface area contributed by atoms with Crippen molar-refractivity contribution < 1.29 is 9.50 Å². The fraction of sp³-hybridized carbons (Fsp3) is 0.455. The third-order valence-corrected chi connectivity index (χ3v) is 3.12. The van der Waals surface area contributed by atoms with Crippen LogP contribution in [-0.4, -0.2) is 18.2 Å². The summed E-state index contributed by atoms with van der Waals surface area (Å²) in [7, 11) is 0. The minimum atomic E-state index is -0.410. The van der Waals surface area contributed by atoms with Crippen molar-refractivity contribution in [2.24, 2.45) is 5.92 Å². The lowest BCUT2D eigenvalue weighted by Gasteiger charge is -2.11. The van der Waals surface area contributed by atoms with Crippen LogP contribution < -0.4 is 5.32 Å². The van der Waals surface area contributed by atoms with E-state index in [4.69, 9.17) is 16.7 Å². The lowest BCUT2D eigenvalue weighted by Crippen LogP contribution is -2.11. The molecule has 1 unspecified atom stereocenters. The molecule has 2 nitrogen and oxygen atoms in total. The molecule has 82 valence electrons. The highest BCUT2D eigenvalue weighted by Crippen LogP contribution is 2.28. The van der Waals surface area contributed by atoms with Crippen molar-refractivity contribution in [2.75, 3.05) is 13.1 Å². The largest absolute Gasteiger partial charge is 0.508 e. The highest BCUT2D eigenvalue weighted by atomic mass is 35.5. The van der Waals surface area contributed by atoms with E-state index in [9.17, 15) is 4.39 Å². The van der Waals surface area contributed by atoms with Crippen molar-refractivity contribution in [1.82, 2.24) is 5.32 Å². The average molecular weight is 230 g/mol. The van der Waals surface area contributed by atoms with E-state index < -0.39 is 5.82 Å². The highest BCUT2D eigenvalue weighted by Gasteiger charge is 2.19. The first-order chi connectivity index (χ1) is 7.16. The Labute approximate surface area is 93.1 Å². The van der Waals surface area contributed by atoms with Crippen molar-refractivity contribution in [2.45, 2.75) is 12.8 Å². The molecular formula is C11H13ClFNO. The maximum atomic E-state index is 13.5. The molecule has 0 aromatic heterocycles. The Hall–Kier alpha value is -0.800. The van der Waals surface area contributed by atoms with Gasteiger partial charge in [-0.2, -0.15) is 0 Å². The summed E-state index contributed by atoms with van der Waals surface area (Å²) in [4.78, 5) is 0. The summed E-state index contributed by atoms with van der Waals surface area (Å²) in [6.45, 7) is 1.90. The summed E-state index contributed by atoms with van der Waals surface area (Å²) in [5, 5.41) is 12.7. The average Bonchev–Trinajstić information content (AvgIpc) is 2.63. The second-order valence-corrected chi connectivity index (χ2v) is 4.36. The number of halogens is 2. The fourth-order valence-corrected chi connectivity index (χ4v) is 2.24. The topological polar surface area (TPSA) is 32.3 Å². The fourth-order valence-electron chi connectivity index (χ4n) is 1.96. The molecule has 4 heteroatoms. The van der Waals surface area contributed by atoms with Gasteiger partial charge in [0.25, 0.3) is 0 Å². The summed E-state index contributed by atoms with van der Waals surface area (Å²) in [5.74, 6) is -0.0840. The normalized spacial score (nSPS) is 20.8. The first-order valence-corrected chi connectivity index (χ1v) is 5.42. The molecule has 1 heterocycles. The maximum absolute atomic E-state index is 13.5. The van der Waals surface area contributed by atoms with Crippen LogP contribution >= 0.6 is 11.6 Å². The summed E-state index contributed by atoms with van der Waals surface area (Å²) in [6, 6.07) is 2.51. The minimum Gasteiger partial charge on any atom is -0.508 e. The van der Waals surface area contributed by atoms with Gasteiger partial charge in [0.05, 0.1) is 5.02 Å². The van der Waals surface area contributed by atoms with E-state index in [0.717, 1.165) is 25.6 Å². The number of nitrogens with one attached hydrogen (secondary N) is 1. The lowest BCUT2D eigenvalue weighted by molar-refractivity contribution is 0.465. The van der Waals surface area contributed by atoms with Gasteiger partial charge >= 0.3 is 0 Å². The van der Waals surface area contributed by atoms with Crippen LogP contribution in [0.15, 0.2) is 12.1 Å². The van der Waals surface area contributed by atoms with Gasteiger partial charge < -0.3 is 10.4 Å². The summed E-state index contributed by atoms with van der Waals surface area (Å²) in [6.07, 6.45) is 1.69. The smallest absolute Gasteiger partial charge is 0.131 e. The summed E-state index contributed by atoms with van der Waals surface area (Å²) in [5.41, 5.74) is 0.517. The van der Waals surface area contributed by atoms with Gasteiger partial charge in [0.15, 0.2) is 0 Å². The Morgan fingerprint density at radius 1 is 1.53 bits per heavy atom. The van der Waals surface area contributed by atoms with E-state index in [2.05, 4.69) is 5.32 Å². The molecule has 15 heavy (non-hydrogen) atoms. The first kappa shape index (κ1) is 10.7. The van der Waals surface area contributed by atoms with Crippen LogP contribution in [0.2, 0.25) is 5.02 Å². The van der Waals surface area contributed by atoms with Crippen LogP contribution in [0.25, 0.3) is 0 Å². The van der Waals surface area contributed by atoms with E-state index in [-0.39, 0.29) is 5.75 Å². The molecule has 0 aliphatic carbocycles. The second kappa shape index (κ2) is 4.37. The van der Waals surface area contributed by atoms with Gasteiger partial charge in [0, 0.05) is 11.6 Å². The molecule has 1 aliphatic heterocycles. The number of hydrogen-bond acceptors (Lipinski definition) is 2. The molecule has 0 bridgehead atoms. The first-order valence-electron chi connectivity index (χ1n) is 5.04. The Morgan fingerprint density at radius 2 is 2.33 bits per heavy atom.